The van der Waals surface area contributed by atoms with Gasteiger partial charge < -0.3 is 19.7 Å². The molecule has 0 bridgehead atoms. The van der Waals surface area contributed by atoms with Crippen molar-refractivity contribution in [2.75, 3.05) is 33.2 Å². The molecule has 2 aromatic carbocycles. The van der Waals surface area contributed by atoms with Crippen LogP contribution in [0.15, 0.2) is 54.0 Å². The third-order valence-electron chi connectivity index (χ3n) is 5.25. The molecule has 7 nitrogen and oxygen atoms in total. The predicted octanol–water partition coefficient (Wildman–Crippen LogP) is 4.00. The number of benzene rings is 2. The highest BCUT2D eigenvalue weighted by Crippen LogP contribution is 2.32. The van der Waals surface area contributed by atoms with Crippen molar-refractivity contribution in [1.82, 2.24) is 14.7 Å². The lowest BCUT2D eigenvalue weighted by Crippen LogP contribution is -2.25. The molecule has 8 heteroatoms. The average Bonchev–Trinajstić information content (AvgIpc) is 3.39. The van der Waals surface area contributed by atoms with E-state index in [-0.39, 0.29) is 12.3 Å². The molecule has 0 unspecified atom stereocenters. The van der Waals surface area contributed by atoms with Gasteiger partial charge in [-0.1, -0.05) is 12.1 Å². The first-order valence-electron chi connectivity index (χ1n) is 10.2. The van der Waals surface area contributed by atoms with Crippen LogP contribution in [-0.2, 0) is 17.8 Å². The number of thiazole rings is 1. The topological polar surface area (TPSA) is 68.1 Å². The minimum absolute atomic E-state index is 0.0252. The summed E-state index contributed by atoms with van der Waals surface area (Å²) in [7, 11) is 7.23. The van der Waals surface area contributed by atoms with Crippen LogP contribution in [0.5, 0.6) is 11.5 Å². The largest absolute Gasteiger partial charge is 0.493 e. The fraction of sp³-hybridized carbons (Fsp3) is 0.250. The summed E-state index contributed by atoms with van der Waals surface area (Å²) in [6.45, 7) is 0.501. The van der Waals surface area contributed by atoms with E-state index in [1.807, 2.05) is 77.4 Å². The highest BCUT2D eigenvalue weighted by atomic mass is 32.1. The fourth-order valence-corrected chi connectivity index (χ4v) is 4.30. The first-order chi connectivity index (χ1) is 15.5. The van der Waals surface area contributed by atoms with E-state index in [1.54, 1.807) is 14.2 Å². The number of carbonyl (C=O) groups excluding carboxylic acids is 1. The zero-order valence-corrected chi connectivity index (χ0v) is 19.4. The smallest absolute Gasteiger partial charge is 0.226 e. The van der Waals surface area contributed by atoms with E-state index in [9.17, 15) is 4.79 Å². The molecule has 0 radical (unpaired) electrons. The van der Waals surface area contributed by atoms with Crippen molar-refractivity contribution in [3.8, 4) is 22.8 Å². The van der Waals surface area contributed by atoms with Crippen molar-refractivity contribution in [3.05, 3.63) is 65.3 Å². The number of amides is 1. The van der Waals surface area contributed by atoms with Gasteiger partial charge >= 0.3 is 0 Å². The lowest BCUT2D eigenvalue weighted by molar-refractivity contribution is -0.120. The maximum absolute atomic E-state index is 12.6. The number of carbonyl (C=O) groups is 1. The minimum atomic E-state index is -0.0252. The van der Waals surface area contributed by atoms with Crippen LogP contribution in [0.4, 0.5) is 5.69 Å². The first kappa shape index (κ1) is 21.7. The molecular weight excluding hydrogens is 424 g/mol. The molecule has 4 rings (SSSR count). The second-order valence-electron chi connectivity index (χ2n) is 7.59. The van der Waals surface area contributed by atoms with Crippen LogP contribution in [0.2, 0.25) is 0 Å². The monoisotopic (exact) mass is 450 g/mol. The Bertz CT molecular complexity index is 1230. The quantitative estimate of drug-likeness (QED) is 0.439. The van der Waals surface area contributed by atoms with E-state index in [4.69, 9.17) is 14.5 Å². The van der Waals surface area contributed by atoms with Gasteiger partial charge in [0.25, 0.3) is 0 Å². The summed E-state index contributed by atoms with van der Waals surface area (Å²) in [5, 5.41) is 4.98. The number of hydrogen-bond acceptors (Lipinski definition) is 6. The number of anilines is 1. The Morgan fingerprint density at radius 3 is 2.53 bits per heavy atom. The van der Waals surface area contributed by atoms with E-state index in [0.29, 0.717) is 18.0 Å². The number of imidazole rings is 1. The van der Waals surface area contributed by atoms with Gasteiger partial charge in [-0.2, -0.15) is 0 Å². The Morgan fingerprint density at radius 1 is 1.09 bits per heavy atom. The van der Waals surface area contributed by atoms with E-state index in [1.165, 1.54) is 11.3 Å². The molecule has 0 spiro atoms. The summed E-state index contributed by atoms with van der Waals surface area (Å²) in [4.78, 5) is 20.2. The molecule has 0 aliphatic carbocycles. The Balaban J connectivity index is 1.45. The summed E-state index contributed by atoms with van der Waals surface area (Å²) in [5.41, 5.74) is 4.85. The highest BCUT2D eigenvalue weighted by molar-refractivity contribution is 7.15. The van der Waals surface area contributed by atoms with Gasteiger partial charge in [-0.3, -0.25) is 9.20 Å². The SMILES string of the molecule is COc1ccc(-c2cn3c(CC(=O)NCc4ccc(N(C)C)cc4)csc3n2)cc1OC. The number of ether oxygens (including phenoxy) is 2. The maximum Gasteiger partial charge on any atom is 0.226 e. The van der Waals surface area contributed by atoms with Crippen molar-refractivity contribution in [2.24, 2.45) is 0 Å². The molecule has 1 amide bonds. The number of hydrogen-bond donors (Lipinski definition) is 1. The summed E-state index contributed by atoms with van der Waals surface area (Å²) < 4.78 is 12.7. The van der Waals surface area contributed by atoms with Crippen LogP contribution in [0.25, 0.3) is 16.2 Å². The van der Waals surface area contributed by atoms with Gasteiger partial charge in [0.2, 0.25) is 5.91 Å². The second-order valence-corrected chi connectivity index (χ2v) is 8.43. The van der Waals surface area contributed by atoms with E-state index in [2.05, 4.69) is 5.32 Å². The Hall–Kier alpha value is -3.52. The van der Waals surface area contributed by atoms with Gasteiger partial charge in [0.05, 0.1) is 26.3 Å². The molecule has 0 saturated carbocycles. The van der Waals surface area contributed by atoms with Gasteiger partial charge in [0.15, 0.2) is 16.5 Å². The second kappa shape index (κ2) is 9.32. The molecule has 32 heavy (non-hydrogen) atoms. The van der Waals surface area contributed by atoms with Crippen LogP contribution in [0, 0.1) is 0 Å². The van der Waals surface area contributed by atoms with Gasteiger partial charge in [0.1, 0.15) is 0 Å². The molecule has 1 N–H and O–H groups in total. The summed E-state index contributed by atoms with van der Waals surface area (Å²) in [6.07, 6.45) is 2.24. The summed E-state index contributed by atoms with van der Waals surface area (Å²) >= 11 is 1.52. The first-order valence-corrected chi connectivity index (χ1v) is 11.1. The number of rotatable bonds is 8. The Morgan fingerprint density at radius 2 is 1.84 bits per heavy atom. The standard InChI is InChI=1S/C24H26N4O3S/c1-27(2)18-8-5-16(6-9-18)13-25-23(29)12-19-15-32-24-26-20(14-28(19)24)17-7-10-21(30-3)22(11-17)31-4/h5-11,14-15H,12-13H2,1-4H3,(H,25,29). The maximum atomic E-state index is 12.6. The van der Waals surface area contributed by atoms with E-state index in [0.717, 1.165) is 33.2 Å². The van der Waals surface area contributed by atoms with Crippen molar-refractivity contribution < 1.29 is 14.3 Å². The van der Waals surface area contributed by atoms with Crippen LogP contribution < -0.4 is 19.7 Å². The third-order valence-corrected chi connectivity index (χ3v) is 6.14. The molecule has 0 aliphatic heterocycles. The number of aromatic nitrogens is 2. The summed E-state index contributed by atoms with van der Waals surface area (Å²) in [6, 6.07) is 13.9. The fourth-order valence-electron chi connectivity index (χ4n) is 3.43. The molecule has 0 fully saturated rings. The zero-order valence-electron chi connectivity index (χ0n) is 18.6. The minimum Gasteiger partial charge on any atom is -0.493 e. The number of methoxy groups -OCH3 is 2. The van der Waals surface area contributed by atoms with Gasteiger partial charge in [-0.15, -0.1) is 11.3 Å². The highest BCUT2D eigenvalue weighted by Gasteiger charge is 2.14. The lowest BCUT2D eigenvalue weighted by Gasteiger charge is -2.13. The summed E-state index contributed by atoms with van der Waals surface area (Å²) in [5.74, 6) is 1.30. The molecule has 2 aromatic heterocycles. The molecule has 4 aromatic rings. The average molecular weight is 451 g/mol. The molecule has 2 heterocycles. The van der Waals surface area contributed by atoms with Crippen molar-refractivity contribution in [1.29, 1.82) is 0 Å². The van der Waals surface area contributed by atoms with E-state index < -0.39 is 0 Å². The predicted molar refractivity (Wildman–Crippen MR) is 128 cm³/mol. The molecule has 0 saturated heterocycles. The van der Waals surface area contributed by atoms with Gasteiger partial charge in [-0.05, 0) is 35.9 Å². The number of nitrogens with one attached hydrogen (secondary N) is 1. The molecule has 0 atom stereocenters. The lowest BCUT2D eigenvalue weighted by atomic mass is 10.1. The molecule has 166 valence electrons. The van der Waals surface area contributed by atoms with Crippen LogP contribution in [0.3, 0.4) is 0 Å². The number of fused-ring (bicyclic) bond motifs is 1. The molecule has 0 aliphatic rings. The normalized spacial score (nSPS) is 10.9. The van der Waals surface area contributed by atoms with Crippen molar-refractivity contribution in [3.63, 3.8) is 0 Å². The Labute approximate surface area is 191 Å². The Kier molecular flexibility index (Phi) is 6.32. The van der Waals surface area contributed by atoms with Crippen LogP contribution in [0.1, 0.15) is 11.3 Å². The van der Waals surface area contributed by atoms with Crippen molar-refractivity contribution >= 4 is 27.9 Å². The van der Waals surface area contributed by atoms with Gasteiger partial charge in [-0.25, -0.2) is 4.98 Å². The van der Waals surface area contributed by atoms with Crippen LogP contribution in [-0.4, -0.2) is 43.6 Å². The number of nitrogens with zero attached hydrogens (tertiary/aromatic N) is 3. The van der Waals surface area contributed by atoms with E-state index >= 15 is 0 Å². The van der Waals surface area contributed by atoms with Crippen molar-refractivity contribution in [2.45, 2.75) is 13.0 Å². The van der Waals surface area contributed by atoms with Crippen LogP contribution >= 0.6 is 11.3 Å². The van der Waals surface area contributed by atoms with Gasteiger partial charge in [0, 0.05) is 49.2 Å². The zero-order chi connectivity index (χ0) is 22.7. The molecular formula is C24H26N4O3S. The third kappa shape index (κ3) is 4.55.